The number of pyridine rings is 1. The second kappa shape index (κ2) is 8.76. The van der Waals surface area contributed by atoms with Crippen molar-refractivity contribution in [2.45, 2.75) is 32.9 Å². The van der Waals surface area contributed by atoms with E-state index >= 15 is 0 Å². The Kier molecular flexibility index (Phi) is 6.17. The molecule has 1 aromatic carbocycles. The Balaban J connectivity index is 1.85. The minimum atomic E-state index is 0.307. The molecule has 2 heterocycles. The summed E-state index contributed by atoms with van der Waals surface area (Å²) in [6, 6.07) is 14.4. The van der Waals surface area contributed by atoms with E-state index in [4.69, 9.17) is 0 Å². The van der Waals surface area contributed by atoms with Crippen LogP contribution in [0.15, 0.2) is 59.3 Å². The van der Waals surface area contributed by atoms with Gasteiger partial charge in [-0.3, -0.25) is 4.98 Å². The quantitative estimate of drug-likeness (QED) is 0.564. The number of benzene rings is 1. The molecule has 26 heavy (non-hydrogen) atoms. The topological polar surface area (TPSA) is 62.7 Å². The summed E-state index contributed by atoms with van der Waals surface area (Å²) >= 11 is 3.46. The van der Waals surface area contributed by atoms with Crippen molar-refractivity contribution in [3.63, 3.8) is 0 Å². The fourth-order valence-corrected chi connectivity index (χ4v) is 2.65. The van der Waals surface area contributed by atoms with Gasteiger partial charge >= 0.3 is 0 Å². The van der Waals surface area contributed by atoms with Gasteiger partial charge in [-0.2, -0.15) is 4.98 Å². The van der Waals surface area contributed by atoms with E-state index in [0.717, 1.165) is 28.0 Å². The van der Waals surface area contributed by atoms with E-state index < -0.39 is 0 Å². The molecular weight excluding hydrogens is 390 g/mol. The van der Waals surface area contributed by atoms with Gasteiger partial charge in [-0.1, -0.05) is 35.0 Å². The number of nitrogens with one attached hydrogen (secondary N) is 2. The number of rotatable bonds is 7. The first kappa shape index (κ1) is 18.3. The molecule has 0 fully saturated rings. The lowest BCUT2D eigenvalue weighted by Crippen LogP contribution is -2.16. The second-order valence-corrected chi connectivity index (χ2v) is 7.05. The van der Waals surface area contributed by atoms with Gasteiger partial charge in [0.1, 0.15) is 5.82 Å². The zero-order valence-corrected chi connectivity index (χ0v) is 16.5. The van der Waals surface area contributed by atoms with Crippen LogP contribution in [0.3, 0.4) is 0 Å². The largest absolute Gasteiger partial charge is 0.366 e. The molecule has 0 saturated heterocycles. The van der Waals surface area contributed by atoms with Gasteiger partial charge in [0, 0.05) is 41.1 Å². The molecule has 0 aliphatic rings. The lowest BCUT2D eigenvalue weighted by molar-refractivity contribution is 0.753. The zero-order chi connectivity index (χ0) is 18.4. The predicted molar refractivity (Wildman–Crippen MR) is 110 cm³/mol. The smallest absolute Gasteiger partial charge is 0.225 e. The van der Waals surface area contributed by atoms with E-state index in [1.165, 1.54) is 5.56 Å². The molecule has 0 amide bonds. The van der Waals surface area contributed by atoms with Gasteiger partial charge in [0.05, 0.1) is 5.69 Å². The van der Waals surface area contributed by atoms with Crippen LogP contribution in [0.5, 0.6) is 0 Å². The minimum absolute atomic E-state index is 0.307. The molecule has 0 spiro atoms. The first-order chi connectivity index (χ1) is 12.6. The maximum Gasteiger partial charge on any atom is 0.225 e. The van der Waals surface area contributed by atoms with Gasteiger partial charge in [-0.25, -0.2) is 4.98 Å². The molecule has 0 unspecified atom stereocenters. The van der Waals surface area contributed by atoms with E-state index in [2.05, 4.69) is 67.5 Å². The van der Waals surface area contributed by atoms with Crippen molar-refractivity contribution in [3.05, 3.63) is 64.9 Å². The monoisotopic (exact) mass is 411 g/mol. The predicted octanol–water partition coefficient (Wildman–Crippen LogP) is 5.12. The molecule has 2 aromatic heterocycles. The van der Waals surface area contributed by atoms with Gasteiger partial charge in [0.25, 0.3) is 0 Å². The van der Waals surface area contributed by atoms with Crippen LogP contribution >= 0.6 is 15.9 Å². The maximum absolute atomic E-state index is 4.66. The van der Waals surface area contributed by atoms with E-state index in [-0.39, 0.29) is 0 Å². The van der Waals surface area contributed by atoms with E-state index in [0.29, 0.717) is 18.5 Å². The Morgan fingerprint density at radius 1 is 1.04 bits per heavy atom. The van der Waals surface area contributed by atoms with Gasteiger partial charge in [0.2, 0.25) is 5.95 Å². The van der Waals surface area contributed by atoms with Crippen molar-refractivity contribution < 1.29 is 0 Å². The maximum atomic E-state index is 4.66. The molecular formula is C20H22BrN5. The molecule has 0 saturated carbocycles. The molecule has 0 radical (unpaired) electrons. The number of hydrogen-bond acceptors (Lipinski definition) is 5. The van der Waals surface area contributed by atoms with Crippen LogP contribution in [0.1, 0.15) is 25.8 Å². The molecule has 0 aliphatic heterocycles. The van der Waals surface area contributed by atoms with Crippen molar-refractivity contribution in [1.29, 1.82) is 0 Å². The van der Waals surface area contributed by atoms with Crippen LogP contribution in [-0.4, -0.2) is 21.0 Å². The van der Waals surface area contributed by atoms with Crippen molar-refractivity contribution in [1.82, 2.24) is 15.0 Å². The van der Waals surface area contributed by atoms with Crippen LogP contribution in [-0.2, 0) is 6.54 Å². The van der Waals surface area contributed by atoms with Crippen molar-refractivity contribution in [2.24, 2.45) is 0 Å². The lowest BCUT2D eigenvalue weighted by atomic mass is 10.2. The van der Waals surface area contributed by atoms with Crippen molar-refractivity contribution in [2.75, 3.05) is 10.6 Å². The van der Waals surface area contributed by atoms with Gasteiger partial charge in [0.15, 0.2) is 0 Å². The van der Waals surface area contributed by atoms with Crippen LogP contribution < -0.4 is 10.6 Å². The Hall–Kier alpha value is -2.47. The van der Waals surface area contributed by atoms with E-state index in [9.17, 15) is 0 Å². The Morgan fingerprint density at radius 3 is 2.46 bits per heavy atom. The van der Waals surface area contributed by atoms with Crippen LogP contribution in [0, 0.1) is 0 Å². The highest BCUT2D eigenvalue weighted by atomic mass is 79.9. The van der Waals surface area contributed by atoms with Crippen LogP contribution in [0.4, 0.5) is 11.8 Å². The third-order valence-corrected chi connectivity index (χ3v) is 4.61. The van der Waals surface area contributed by atoms with Gasteiger partial charge in [-0.15, -0.1) is 0 Å². The number of nitrogens with zero attached hydrogens (tertiary/aromatic N) is 3. The van der Waals surface area contributed by atoms with E-state index in [1.807, 2.05) is 30.3 Å². The summed E-state index contributed by atoms with van der Waals surface area (Å²) in [5.41, 5.74) is 3.07. The molecule has 1 atom stereocenters. The second-order valence-electron chi connectivity index (χ2n) is 6.13. The summed E-state index contributed by atoms with van der Waals surface area (Å²) in [7, 11) is 0. The summed E-state index contributed by atoms with van der Waals surface area (Å²) in [6.07, 6.45) is 4.55. The van der Waals surface area contributed by atoms with Crippen molar-refractivity contribution in [3.8, 4) is 11.3 Å². The Labute approximate surface area is 162 Å². The minimum Gasteiger partial charge on any atom is -0.366 e. The van der Waals surface area contributed by atoms with Crippen LogP contribution in [0.2, 0.25) is 0 Å². The zero-order valence-electron chi connectivity index (χ0n) is 14.9. The van der Waals surface area contributed by atoms with Gasteiger partial charge < -0.3 is 10.6 Å². The number of aromatic nitrogens is 3. The highest BCUT2D eigenvalue weighted by Crippen LogP contribution is 2.22. The molecule has 3 rings (SSSR count). The highest BCUT2D eigenvalue weighted by molar-refractivity contribution is 9.10. The first-order valence-corrected chi connectivity index (χ1v) is 9.47. The third-order valence-electron chi connectivity index (χ3n) is 4.08. The highest BCUT2D eigenvalue weighted by Gasteiger charge is 2.09. The van der Waals surface area contributed by atoms with Crippen LogP contribution in [0.25, 0.3) is 11.3 Å². The summed E-state index contributed by atoms with van der Waals surface area (Å²) in [5, 5.41) is 6.76. The molecule has 134 valence electrons. The first-order valence-electron chi connectivity index (χ1n) is 8.68. The summed E-state index contributed by atoms with van der Waals surface area (Å²) in [4.78, 5) is 13.4. The fourth-order valence-electron chi connectivity index (χ4n) is 2.39. The molecule has 3 aromatic rings. The molecule has 6 heteroatoms. The lowest BCUT2D eigenvalue weighted by Gasteiger charge is -2.14. The molecule has 5 nitrogen and oxygen atoms in total. The number of anilines is 2. The summed E-state index contributed by atoms with van der Waals surface area (Å²) < 4.78 is 1.07. The summed E-state index contributed by atoms with van der Waals surface area (Å²) in [6.45, 7) is 4.96. The fraction of sp³-hybridized carbons (Fsp3) is 0.250. The third kappa shape index (κ3) is 5.02. The standard InChI is InChI=1S/C20H22BrN5/c1-3-14(2)24-20-25-18(16-8-10-22-11-9-16)12-19(26-20)23-13-15-4-6-17(21)7-5-15/h4-12,14H,3,13H2,1-2H3,(H2,23,24,25,26)/t14-/m1/s1. The van der Waals surface area contributed by atoms with E-state index in [1.54, 1.807) is 12.4 Å². The Morgan fingerprint density at radius 2 is 1.77 bits per heavy atom. The Bertz CT molecular complexity index is 837. The molecule has 0 bridgehead atoms. The van der Waals surface area contributed by atoms with Gasteiger partial charge in [-0.05, 0) is 43.2 Å². The SMILES string of the molecule is CC[C@@H](C)Nc1nc(NCc2ccc(Br)cc2)cc(-c2ccncc2)n1. The van der Waals surface area contributed by atoms with Crippen molar-refractivity contribution >= 4 is 27.7 Å². The average molecular weight is 412 g/mol. The summed E-state index contributed by atoms with van der Waals surface area (Å²) in [5.74, 6) is 1.42. The molecule has 0 aliphatic carbocycles. The normalized spacial score (nSPS) is 11.8. The number of halogens is 1. The average Bonchev–Trinajstić information content (AvgIpc) is 2.68. The number of hydrogen-bond donors (Lipinski definition) is 2. The molecule has 2 N–H and O–H groups in total.